The van der Waals surface area contributed by atoms with Crippen LogP contribution in [0.15, 0.2) is 42.5 Å². The van der Waals surface area contributed by atoms with Crippen molar-refractivity contribution in [2.45, 2.75) is 6.92 Å². The van der Waals surface area contributed by atoms with Crippen molar-refractivity contribution in [1.29, 1.82) is 0 Å². The standard InChI is InChI=1S/C18H22N4O4S/c1-12-8-9-14(11-16(12)21-27(4,25)26)18(24)20-19-17(23)13-6-5-7-15(10-13)22(2)3/h5-11,21H,1-4H3,(H,19,23)(H,20,24). The third-order valence-corrected chi connectivity index (χ3v) is 4.30. The Labute approximate surface area is 158 Å². The summed E-state index contributed by atoms with van der Waals surface area (Å²) in [5, 5.41) is 0. The van der Waals surface area contributed by atoms with Crippen LogP contribution in [0, 0.1) is 6.92 Å². The normalized spacial score (nSPS) is 10.8. The van der Waals surface area contributed by atoms with Crippen LogP contribution in [0.5, 0.6) is 0 Å². The lowest BCUT2D eigenvalue weighted by molar-refractivity contribution is 0.0847. The number of sulfonamides is 1. The Morgan fingerprint density at radius 3 is 2.07 bits per heavy atom. The molecule has 2 rings (SSSR count). The monoisotopic (exact) mass is 390 g/mol. The minimum absolute atomic E-state index is 0.203. The highest BCUT2D eigenvalue weighted by Gasteiger charge is 2.13. The lowest BCUT2D eigenvalue weighted by atomic mass is 10.1. The summed E-state index contributed by atoms with van der Waals surface area (Å²) in [7, 11) is 0.248. The van der Waals surface area contributed by atoms with Crippen LogP contribution in [-0.4, -0.2) is 40.6 Å². The lowest BCUT2D eigenvalue weighted by Crippen LogP contribution is -2.41. The average Bonchev–Trinajstić information content (AvgIpc) is 2.60. The second-order valence-corrected chi connectivity index (χ2v) is 8.01. The van der Waals surface area contributed by atoms with Gasteiger partial charge in [0.25, 0.3) is 11.8 Å². The van der Waals surface area contributed by atoms with Crippen LogP contribution in [0.2, 0.25) is 0 Å². The van der Waals surface area contributed by atoms with Crippen molar-refractivity contribution in [3.8, 4) is 0 Å². The average molecular weight is 390 g/mol. The number of anilines is 2. The summed E-state index contributed by atoms with van der Waals surface area (Å²) in [5.74, 6) is -1.03. The van der Waals surface area contributed by atoms with Gasteiger partial charge in [-0.1, -0.05) is 12.1 Å². The molecule has 0 aliphatic heterocycles. The highest BCUT2D eigenvalue weighted by molar-refractivity contribution is 7.92. The molecule has 27 heavy (non-hydrogen) atoms. The number of hydrogen-bond donors (Lipinski definition) is 3. The number of benzene rings is 2. The number of nitrogens with one attached hydrogen (secondary N) is 3. The van der Waals surface area contributed by atoms with Crippen molar-refractivity contribution in [3.05, 3.63) is 59.2 Å². The van der Waals surface area contributed by atoms with Gasteiger partial charge in [0.2, 0.25) is 10.0 Å². The minimum Gasteiger partial charge on any atom is -0.378 e. The Kier molecular flexibility index (Phi) is 6.06. The maximum Gasteiger partial charge on any atom is 0.269 e. The Bertz CT molecular complexity index is 971. The first kappa shape index (κ1) is 20.2. The summed E-state index contributed by atoms with van der Waals surface area (Å²) < 4.78 is 25.2. The number of aryl methyl sites for hydroxylation is 1. The molecule has 0 spiro atoms. The second-order valence-electron chi connectivity index (χ2n) is 6.26. The molecule has 0 atom stereocenters. The van der Waals surface area contributed by atoms with E-state index >= 15 is 0 Å². The highest BCUT2D eigenvalue weighted by atomic mass is 32.2. The van der Waals surface area contributed by atoms with Crippen LogP contribution < -0.4 is 20.5 Å². The molecule has 0 aliphatic rings. The van der Waals surface area contributed by atoms with E-state index < -0.39 is 21.8 Å². The molecule has 2 amide bonds. The molecular weight excluding hydrogens is 368 g/mol. The van der Waals surface area contributed by atoms with E-state index in [1.807, 2.05) is 25.1 Å². The van der Waals surface area contributed by atoms with E-state index in [1.165, 1.54) is 12.1 Å². The van der Waals surface area contributed by atoms with Crippen molar-refractivity contribution in [2.75, 3.05) is 30.0 Å². The summed E-state index contributed by atoms with van der Waals surface area (Å²) in [6, 6.07) is 11.5. The fraction of sp³-hybridized carbons (Fsp3) is 0.222. The summed E-state index contributed by atoms with van der Waals surface area (Å²) in [6.07, 6.45) is 1.03. The van der Waals surface area contributed by atoms with Gasteiger partial charge in [0.1, 0.15) is 0 Å². The lowest BCUT2D eigenvalue weighted by Gasteiger charge is -2.14. The van der Waals surface area contributed by atoms with E-state index in [1.54, 1.807) is 31.2 Å². The first-order valence-electron chi connectivity index (χ1n) is 8.03. The van der Waals surface area contributed by atoms with E-state index in [-0.39, 0.29) is 5.56 Å². The molecule has 0 saturated heterocycles. The van der Waals surface area contributed by atoms with E-state index in [0.29, 0.717) is 16.8 Å². The predicted octanol–water partition coefficient (Wildman–Crippen LogP) is 1.51. The smallest absolute Gasteiger partial charge is 0.269 e. The number of hydrazine groups is 1. The highest BCUT2D eigenvalue weighted by Crippen LogP contribution is 2.18. The molecule has 0 heterocycles. The molecule has 0 bridgehead atoms. The number of carbonyl (C=O) groups excluding carboxylic acids is 2. The molecule has 0 radical (unpaired) electrons. The largest absolute Gasteiger partial charge is 0.378 e. The van der Waals surface area contributed by atoms with Crippen molar-refractivity contribution in [1.82, 2.24) is 10.9 Å². The van der Waals surface area contributed by atoms with Gasteiger partial charge in [-0.3, -0.25) is 25.2 Å². The maximum atomic E-state index is 12.3. The first-order valence-corrected chi connectivity index (χ1v) is 9.92. The van der Waals surface area contributed by atoms with Gasteiger partial charge >= 0.3 is 0 Å². The molecule has 2 aromatic rings. The topological polar surface area (TPSA) is 108 Å². The Hall–Kier alpha value is -3.07. The molecule has 2 aromatic carbocycles. The minimum atomic E-state index is -3.47. The Morgan fingerprint density at radius 1 is 0.926 bits per heavy atom. The van der Waals surface area contributed by atoms with Gasteiger partial charge in [-0.05, 0) is 42.8 Å². The van der Waals surface area contributed by atoms with Gasteiger partial charge in [-0.15, -0.1) is 0 Å². The molecule has 144 valence electrons. The molecular formula is C18H22N4O4S. The van der Waals surface area contributed by atoms with Gasteiger partial charge < -0.3 is 4.90 Å². The molecule has 0 fully saturated rings. The number of rotatable bonds is 5. The molecule has 0 saturated carbocycles. The molecule has 0 aromatic heterocycles. The maximum absolute atomic E-state index is 12.3. The van der Waals surface area contributed by atoms with Crippen molar-refractivity contribution in [3.63, 3.8) is 0 Å². The number of nitrogens with zero attached hydrogens (tertiary/aromatic N) is 1. The van der Waals surface area contributed by atoms with Gasteiger partial charge in [-0.2, -0.15) is 0 Å². The zero-order chi connectivity index (χ0) is 20.2. The number of carbonyl (C=O) groups is 2. The van der Waals surface area contributed by atoms with Crippen LogP contribution in [0.25, 0.3) is 0 Å². The number of amides is 2. The predicted molar refractivity (Wildman–Crippen MR) is 105 cm³/mol. The van der Waals surface area contributed by atoms with Crippen molar-refractivity contribution in [2.24, 2.45) is 0 Å². The summed E-state index contributed by atoms with van der Waals surface area (Å²) in [5.41, 5.74) is 7.09. The van der Waals surface area contributed by atoms with Crippen LogP contribution >= 0.6 is 0 Å². The summed E-state index contributed by atoms with van der Waals surface area (Å²) in [4.78, 5) is 26.4. The van der Waals surface area contributed by atoms with Crippen LogP contribution in [0.4, 0.5) is 11.4 Å². The zero-order valence-corrected chi connectivity index (χ0v) is 16.3. The van der Waals surface area contributed by atoms with Crippen LogP contribution in [0.3, 0.4) is 0 Å². The van der Waals surface area contributed by atoms with E-state index in [9.17, 15) is 18.0 Å². The molecule has 8 nitrogen and oxygen atoms in total. The quantitative estimate of drug-likeness (QED) is 0.671. The number of hydrogen-bond acceptors (Lipinski definition) is 5. The van der Waals surface area contributed by atoms with E-state index in [0.717, 1.165) is 11.9 Å². The van der Waals surface area contributed by atoms with Gasteiger partial charge in [-0.25, -0.2) is 8.42 Å². The zero-order valence-electron chi connectivity index (χ0n) is 15.5. The van der Waals surface area contributed by atoms with E-state index in [2.05, 4.69) is 15.6 Å². The van der Waals surface area contributed by atoms with Gasteiger partial charge in [0.05, 0.1) is 11.9 Å². The second kappa shape index (κ2) is 8.09. The Balaban J connectivity index is 2.08. The Morgan fingerprint density at radius 2 is 1.52 bits per heavy atom. The molecule has 0 aliphatic carbocycles. The first-order chi connectivity index (χ1) is 12.6. The summed E-state index contributed by atoms with van der Waals surface area (Å²) >= 11 is 0. The summed E-state index contributed by atoms with van der Waals surface area (Å²) in [6.45, 7) is 1.72. The fourth-order valence-electron chi connectivity index (χ4n) is 2.26. The van der Waals surface area contributed by atoms with E-state index in [4.69, 9.17) is 0 Å². The van der Waals surface area contributed by atoms with Gasteiger partial charge in [0, 0.05) is 30.9 Å². The third-order valence-electron chi connectivity index (χ3n) is 3.71. The fourth-order valence-corrected chi connectivity index (χ4v) is 2.88. The SMILES string of the molecule is Cc1ccc(C(=O)NNC(=O)c2cccc(N(C)C)c2)cc1NS(C)(=O)=O. The van der Waals surface area contributed by atoms with Crippen LogP contribution in [0.1, 0.15) is 26.3 Å². The van der Waals surface area contributed by atoms with Crippen molar-refractivity contribution < 1.29 is 18.0 Å². The molecule has 3 N–H and O–H groups in total. The molecule has 0 unspecified atom stereocenters. The third kappa shape index (κ3) is 5.71. The van der Waals surface area contributed by atoms with Gasteiger partial charge in [0.15, 0.2) is 0 Å². The van der Waals surface area contributed by atoms with Crippen molar-refractivity contribution >= 4 is 33.2 Å². The van der Waals surface area contributed by atoms with Crippen LogP contribution in [-0.2, 0) is 10.0 Å². The molecule has 9 heteroatoms.